The Kier molecular flexibility index (Phi) is 6.71. The topological polar surface area (TPSA) is 32.3 Å². The van der Waals surface area contributed by atoms with Crippen LogP contribution in [0.3, 0.4) is 0 Å². The van der Waals surface area contributed by atoms with Crippen LogP contribution in [-0.4, -0.2) is 36.5 Å². The predicted octanol–water partition coefficient (Wildman–Crippen LogP) is 3.78. The zero-order valence-corrected chi connectivity index (χ0v) is 14.9. The Morgan fingerprint density at radius 1 is 1.00 bits per heavy atom. The molecule has 0 bridgehead atoms. The number of nitrogens with zero attached hydrogens (tertiary/aromatic N) is 1. The SMILES string of the molecule is O=C(CCN1CCC(Cc2ccccc2)CC1)NC1CCCCC1. The molecule has 3 heteroatoms. The van der Waals surface area contributed by atoms with E-state index in [1.165, 1.54) is 56.9 Å². The van der Waals surface area contributed by atoms with Gasteiger partial charge >= 0.3 is 0 Å². The Balaban J connectivity index is 1.31. The molecule has 2 fully saturated rings. The second-order valence-corrected chi connectivity index (χ2v) is 7.63. The van der Waals surface area contributed by atoms with Crippen molar-refractivity contribution in [2.24, 2.45) is 5.92 Å². The molecule has 1 aromatic carbocycles. The van der Waals surface area contributed by atoms with Crippen LogP contribution in [0, 0.1) is 5.92 Å². The van der Waals surface area contributed by atoms with Gasteiger partial charge in [0, 0.05) is 19.0 Å². The number of piperidine rings is 1. The van der Waals surface area contributed by atoms with Gasteiger partial charge in [0.2, 0.25) is 5.91 Å². The maximum Gasteiger partial charge on any atom is 0.221 e. The minimum atomic E-state index is 0.258. The minimum Gasteiger partial charge on any atom is -0.353 e. The van der Waals surface area contributed by atoms with Gasteiger partial charge in [-0.3, -0.25) is 4.79 Å². The number of hydrogen-bond donors (Lipinski definition) is 1. The van der Waals surface area contributed by atoms with Gasteiger partial charge in [0.25, 0.3) is 0 Å². The van der Waals surface area contributed by atoms with E-state index in [1.807, 2.05) is 0 Å². The molecule has 3 rings (SSSR count). The summed E-state index contributed by atoms with van der Waals surface area (Å²) in [5, 5.41) is 3.23. The Hall–Kier alpha value is -1.35. The van der Waals surface area contributed by atoms with E-state index in [4.69, 9.17) is 0 Å². The van der Waals surface area contributed by atoms with Crippen LogP contribution >= 0.6 is 0 Å². The van der Waals surface area contributed by atoms with Crippen LogP contribution < -0.4 is 5.32 Å². The van der Waals surface area contributed by atoms with Crippen molar-refractivity contribution in [2.45, 2.75) is 63.8 Å². The predicted molar refractivity (Wildman–Crippen MR) is 98.9 cm³/mol. The second kappa shape index (κ2) is 9.22. The van der Waals surface area contributed by atoms with Gasteiger partial charge in [0.05, 0.1) is 0 Å². The summed E-state index contributed by atoms with van der Waals surface area (Å²) in [6, 6.07) is 11.3. The lowest BCUT2D eigenvalue weighted by Gasteiger charge is -2.32. The van der Waals surface area contributed by atoms with Crippen molar-refractivity contribution in [3.8, 4) is 0 Å². The molecule has 0 unspecified atom stereocenters. The molecule has 2 aliphatic rings. The highest BCUT2D eigenvalue weighted by Crippen LogP contribution is 2.22. The van der Waals surface area contributed by atoms with E-state index in [2.05, 4.69) is 40.5 Å². The van der Waals surface area contributed by atoms with Crippen LogP contribution in [-0.2, 0) is 11.2 Å². The number of rotatable bonds is 6. The molecule has 1 aromatic rings. The highest BCUT2D eigenvalue weighted by atomic mass is 16.1. The molecule has 1 heterocycles. The normalized spacial score (nSPS) is 20.8. The van der Waals surface area contributed by atoms with Gasteiger partial charge in [0.15, 0.2) is 0 Å². The van der Waals surface area contributed by atoms with E-state index in [1.54, 1.807) is 0 Å². The molecule has 132 valence electrons. The van der Waals surface area contributed by atoms with Crippen LogP contribution in [0.2, 0.25) is 0 Å². The molecule has 3 nitrogen and oxygen atoms in total. The lowest BCUT2D eigenvalue weighted by Crippen LogP contribution is -2.40. The molecule has 24 heavy (non-hydrogen) atoms. The number of nitrogens with one attached hydrogen (secondary N) is 1. The lowest BCUT2D eigenvalue weighted by atomic mass is 9.90. The summed E-state index contributed by atoms with van der Waals surface area (Å²) < 4.78 is 0. The molecule has 1 amide bonds. The van der Waals surface area contributed by atoms with Gasteiger partial charge in [-0.1, -0.05) is 49.6 Å². The first-order valence-electron chi connectivity index (χ1n) is 9.85. The third-order valence-corrected chi connectivity index (χ3v) is 5.70. The van der Waals surface area contributed by atoms with Crippen molar-refractivity contribution in [3.05, 3.63) is 35.9 Å². The van der Waals surface area contributed by atoms with Gasteiger partial charge in [-0.2, -0.15) is 0 Å². The molecule has 1 saturated carbocycles. The van der Waals surface area contributed by atoms with E-state index in [-0.39, 0.29) is 5.91 Å². The first-order valence-corrected chi connectivity index (χ1v) is 9.85. The summed E-state index contributed by atoms with van der Waals surface area (Å²) in [7, 11) is 0. The van der Waals surface area contributed by atoms with Crippen molar-refractivity contribution in [1.29, 1.82) is 0 Å². The second-order valence-electron chi connectivity index (χ2n) is 7.63. The van der Waals surface area contributed by atoms with E-state index in [9.17, 15) is 4.79 Å². The van der Waals surface area contributed by atoms with Crippen molar-refractivity contribution >= 4 is 5.91 Å². The quantitative estimate of drug-likeness (QED) is 0.862. The van der Waals surface area contributed by atoms with Gasteiger partial charge in [0.1, 0.15) is 0 Å². The van der Waals surface area contributed by atoms with Crippen LogP contribution in [0.4, 0.5) is 0 Å². The van der Waals surface area contributed by atoms with Gasteiger partial charge in [-0.25, -0.2) is 0 Å². The van der Waals surface area contributed by atoms with Crippen LogP contribution in [0.15, 0.2) is 30.3 Å². The summed E-state index contributed by atoms with van der Waals surface area (Å²) in [6.45, 7) is 3.22. The molecule has 0 spiro atoms. The average Bonchev–Trinajstić information content (AvgIpc) is 2.63. The van der Waals surface area contributed by atoms with Crippen molar-refractivity contribution in [3.63, 3.8) is 0 Å². The maximum atomic E-state index is 12.1. The van der Waals surface area contributed by atoms with E-state index in [0.29, 0.717) is 12.5 Å². The Morgan fingerprint density at radius 3 is 2.42 bits per heavy atom. The van der Waals surface area contributed by atoms with Crippen LogP contribution in [0.1, 0.15) is 56.9 Å². The largest absolute Gasteiger partial charge is 0.353 e. The highest BCUT2D eigenvalue weighted by Gasteiger charge is 2.21. The van der Waals surface area contributed by atoms with Crippen molar-refractivity contribution in [2.75, 3.05) is 19.6 Å². The fourth-order valence-electron chi connectivity index (χ4n) is 4.17. The molecule has 1 N–H and O–H groups in total. The first-order chi connectivity index (χ1) is 11.8. The summed E-state index contributed by atoms with van der Waals surface area (Å²) >= 11 is 0. The monoisotopic (exact) mass is 328 g/mol. The Bertz CT molecular complexity index is 488. The van der Waals surface area contributed by atoms with E-state index < -0.39 is 0 Å². The molecule has 0 aromatic heterocycles. The lowest BCUT2D eigenvalue weighted by molar-refractivity contribution is -0.122. The van der Waals surface area contributed by atoms with Crippen molar-refractivity contribution in [1.82, 2.24) is 10.2 Å². The Morgan fingerprint density at radius 2 is 1.71 bits per heavy atom. The van der Waals surface area contributed by atoms with Gasteiger partial charge in [-0.05, 0) is 56.7 Å². The Labute approximate surface area is 146 Å². The number of amides is 1. The highest BCUT2D eigenvalue weighted by molar-refractivity contribution is 5.76. The van der Waals surface area contributed by atoms with Gasteiger partial charge < -0.3 is 10.2 Å². The fourth-order valence-corrected chi connectivity index (χ4v) is 4.17. The third kappa shape index (κ3) is 5.62. The van der Waals surface area contributed by atoms with E-state index in [0.717, 1.165) is 25.6 Å². The molecule has 0 radical (unpaired) electrons. The van der Waals surface area contributed by atoms with Gasteiger partial charge in [-0.15, -0.1) is 0 Å². The number of carbonyl (C=O) groups is 1. The standard InChI is InChI=1S/C21H32N2O/c24-21(22-20-9-5-2-6-10-20)13-16-23-14-11-19(12-15-23)17-18-7-3-1-4-8-18/h1,3-4,7-8,19-20H,2,5-6,9-17H2,(H,22,24). The van der Waals surface area contributed by atoms with Crippen molar-refractivity contribution < 1.29 is 4.79 Å². The molecule has 1 aliphatic carbocycles. The zero-order chi connectivity index (χ0) is 16.6. The molecule has 1 aliphatic heterocycles. The molecule has 1 saturated heterocycles. The number of benzene rings is 1. The van der Waals surface area contributed by atoms with Crippen LogP contribution in [0.25, 0.3) is 0 Å². The summed E-state index contributed by atoms with van der Waals surface area (Å²) in [5.41, 5.74) is 1.46. The smallest absolute Gasteiger partial charge is 0.221 e. The number of hydrogen-bond acceptors (Lipinski definition) is 2. The van der Waals surface area contributed by atoms with Crippen LogP contribution in [0.5, 0.6) is 0 Å². The average molecular weight is 329 g/mol. The fraction of sp³-hybridized carbons (Fsp3) is 0.667. The zero-order valence-electron chi connectivity index (χ0n) is 14.9. The summed E-state index contributed by atoms with van der Waals surface area (Å²) in [5.74, 6) is 1.06. The first kappa shape index (κ1) is 17.5. The summed E-state index contributed by atoms with van der Waals surface area (Å²) in [4.78, 5) is 14.6. The molecular weight excluding hydrogens is 296 g/mol. The molecule has 0 atom stereocenters. The summed E-state index contributed by atoms with van der Waals surface area (Å²) in [6.07, 6.45) is 10.6. The molecular formula is C21H32N2O. The minimum absolute atomic E-state index is 0.258. The third-order valence-electron chi connectivity index (χ3n) is 5.70. The van der Waals surface area contributed by atoms with E-state index >= 15 is 0 Å². The number of carbonyl (C=O) groups excluding carboxylic acids is 1. The number of likely N-dealkylation sites (tertiary alicyclic amines) is 1. The maximum absolute atomic E-state index is 12.1.